The van der Waals surface area contributed by atoms with Gasteiger partial charge in [-0.25, -0.2) is 0 Å². The third kappa shape index (κ3) is 3.12. The van der Waals surface area contributed by atoms with Crippen LogP contribution in [-0.4, -0.2) is 24.0 Å². The van der Waals surface area contributed by atoms with Crippen LogP contribution in [0, 0.1) is 13.8 Å². The number of aryl methyl sites for hydroxylation is 2. The van der Waals surface area contributed by atoms with E-state index in [1.54, 1.807) is 14.2 Å². The molecule has 0 radical (unpaired) electrons. The predicted molar refractivity (Wildman–Crippen MR) is 84.3 cm³/mol. The molecule has 1 atom stereocenters. The van der Waals surface area contributed by atoms with Gasteiger partial charge in [-0.3, -0.25) is 4.68 Å². The predicted octanol–water partition coefficient (Wildman–Crippen LogP) is 3.23. The van der Waals surface area contributed by atoms with E-state index < -0.39 is 0 Å². The van der Waals surface area contributed by atoms with E-state index in [0.717, 1.165) is 22.9 Å². The molecule has 2 aromatic rings. The van der Waals surface area contributed by atoms with Crippen molar-refractivity contribution in [3.63, 3.8) is 0 Å². The van der Waals surface area contributed by atoms with E-state index in [-0.39, 0.29) is 6.04 Å². The fourth-order valence-corrected chi connectivity index (χ4v) is 2.63. The quantitative estimate of drug-likeness (QED) is 0.918. The Morgan fingerprint density at radius 3 is 2.10 bits per heavy atom. The first-order valence-electron chi connectivity index (χ1n) is 6.96. The summed E-state index contributed by atoms with van der Waals surface area (Å²) < 4.78 is 12.5. The number of aromatic nitrogens is 2. The maximum Gasteiger partial charge on any atom is 0.124 e. The Morgan fingerprint density at radius 1 is 1.10 bits per heavy atom. The van der Waals surface area contributed by atoms with E-state index in [2.05, 4.69) is 24.3 Å². The van der Waals surface area contributed by atoms with Crippen LogP contribution in [0.15, 0.2) is 18.2 Å². The molecule has 5 nitrogen and oxygen atoms in total. The maximum atomic E-state index is 5.30. The fourth-order valence-electron chi connectivity index (χ4n) is 2.63. The minimum Gasteiger partial charge on any atom is -0.497 e. The Balaban J connectivity index is 2.28. The summed E-state index contributed by atoms with van der Waals surface area (Å²) in [6, 6.07) is 5.92. The molecule has 0 bridgehead atoms. The zero-order chi connectivity index (χ0) is 15.6. The van der Waals surface area contributed by atoms with Crippen LogP contribution in [-0.2, 0) is 7.05 Å². The van der Waals surface area contributed by atoms with Gasteiger partial charge in [-0.05, 0) is 20.8 Å². The molecule has 5 heteroatoms. The monoisotopic (exact) mass is 289 g/mol. The summed E-state index contributed by atoms with van der Waals surface area (Å²) in [5, 5.41) is 7.96. The molecule has 2 rings (SSSR count). The highest BCUT2D eigenvalue weighted by molar-refractivity contribution is 5.55. The number of ether oxygens (including phenoxy) is 2. The average Bonchev–Trinajstić information content (AvgIpc) is 2.71. The molecule has 21 heavy (non-hydrogen) atoms. The van der Waals surface area contributed by atoms with Gasteiger partial charge >= 0.3 is 0 Å². The highest BCUT2D eigenvalue weighted by atomic mass is 16.5. The molecular weight excluding hydrogens is 266 g/mol. The van der Waals surface area contributed by atoms with Crippen LogP contribution in [0.5, 0.6) is 11.5 Å². The first kappa shape index (κ1) is 15.2. The van der Waals surface area contributed by atoms with Crippen molar-refractivity contribution >= 4 is 5.69 Å². The highest BCUT2D eigenvalue weighted by Crippen LogP contribution is 2.30. The number of methoxy groups -OCH3 is 2. The summed E-state index contributed by atoms with van der Waals surface area (Å²) in [5.41, 5.74) is 4.40. The van der Waals surface area contributed by atoms with Gasteiger partial charge in [0.1, 0.15) is 11.5 Å². The molecular formula is C16H23N3O2. The topological polar surface area (TPSA) is 48.3 Å². The van der Waals surface area contributed by atoms with E-state index in [9.17, 15) is 0 Å². The number of nitrogens with one attached hydrogen (secondary N) is 1. The largest absolute Gasteiger partial charge is 0.497 e. The molecule has 0 fully saturated rings. The fraction of sp³-hybridized carbons (Fsp3) is 0.438. The second-order valence-corrected chi connectivity index (χ2v) is 5.18. The lowest BCUT2D eigenvalue weighted by molar-refractivity contribution is 0.394. The summed E-state index contributed by atoms with van der Waals surface area (Å²) >= 11 is 0. The maximum absolute atomic E-state index is 5.30. The van der Waals surface area contributed by atoms with Crippen LogP contribution in [0.25, 0.3) is 0 Å². The smallest absolute Gasteiger partial charge is 0.124 e. The zero-order valence-electron chi connectivity index (χ0n) is 13.5. The lowest BCUT2D eigenvalue weighted by Crippen LogP contribution is -2.09. The minimum atomic E-state index is 0.149. The van der Waals surface area contributed by atoms with Gasteiger partial charge in [0.25, 0.3) is 0 Å². The standard InChI is InChI=1S/C16H23N3O2/c1-10(16-11(2)18-19(4)12(16)3)17-13-7-14(20-5)9-15(8-13)21-6/h7-10,17H,1-6H3. The van der Waals surface area contributed by atoms with Crippen LogP contribution in [0.4, 0.5) is 5.69 Å². The molecule has 1 heterocycles. The van der Waals surface area contributed by atoms with Crippen molar-refractivity contribution in [3.05, 3.63) is 35.2 Å². The van der Waals surface area contributed by atoms with Gasteiger partial charge in [0.05, 0.1) is 26.0 Å². The molecule has 0 aliphatic rings. The van der Waals surface area contributed by atoms with Gasteiger partial charge in [-0.15, -0.1) is 0 Å². The summed E-state index contributed by atoms with van der Waals surface area (Å²) in [5.74, 6) is 1.53. The highest BCUT2D eigenvalue weighted by Gasteiger charge is 2.16. The van der Waals surface area contributed by atoms with Crippen LogP contribution >= 0.6 is 0 Å². The van der Waals surface area contributed by atoms with Gasteiger partial charge in [-0.2, -0.15) is 5.10 Å². The number of benzene rings is 1. The van der Waals surface area contributed by atoms with E-state index >= 15 is 0 Å². The molecule has 114 valence electrons. The molecule has 0 saturated heterocycles. The zero-order valence-corrected chi connectivity index (χ0v) is 13.5. The average molecular weight is 289 g/mol. The molecule has 1 N–H and O–H groups in total. The minimum absolute atomic E-state index is 0.149. The first-order chi connectivity index (χ1) is 9.96. The van der Waals surface area contributed by atoms with Crippen LogP contribution in [0.1, 0.15) is 29.9 Å². The molecule has 1 unspecified atom stereocenters. The summed E-state index contributed by atoms with van der Waals surface area (Å²) in [6.07, 6.45) is 0. The lowest BCUT2D eigenvalue weighted by atomic mass is 10.1. The van der Waals surface area contributed by atoms with Gasteiger partial charge in [0.2, 0.25) is 0 Å². The third-order valence-corrected chi connectivity index (χ3v) is 3.73. The van der Waals surface area contributed by atoms with Crippen molar-refractivity contribution in [3.8, 4) is 11.5 Å². The van der Waals surface area contributed by atoms with Gasteiger partial charge in [-0.1, -0.05) is 0 Å². The van der Waals surface area contributed by atoms with Crippen molar-refractivity contribution in [1.29, 1.82) is 0 Å². The van der Waals surface area contributed by atoms with E-state index in [4.69, 9.17) is 9.47 Å². The second-order valence-electron chi connectivity index (χ2n) is 5.18. The van der Waals surface area contributed by atoms with Gasteiger partial charge in [0.15, 0.2) is 0 Å². The van der Waals surface area contributed by atoms with Gasteiger partial charge < -0.3 is 14.8 Å². The summed E-state index contributed by atoms with van der Waals surface area (Å²) in [7, 11) is 5.27. The van der Waals surface area contributed by atoms with Crippen LogP contribution in [0.2, 0.25) is 0 Å². The summed E-state index contributed by atoms with van der Waals surface area (Å²) in [4.78, 5) is 0. The van der Waals surface area contributed by atoms with E-state index in [0.29, 0.717) is 0 Å². The third-order valence-electron chi connectivity index (χ3n) is 3.73. The van der Waals surface area contributed by atoms with Crippen LogP contribution < -0.4 is 14.8 Å². The van der Waals surface area contributed by atoms with Gasteiger partial charge in [0, 0.05) is 42.2 Å². The molecule has 1 aromatic heterocycles. The van der Waals surface area contributed by atoms with Crippen molar-refractivity contribution in [2.75, 3.05) is 19.5 Å². The second kappa shape index (κ2) is 6.08. The Morgan fingerprint density at radius 2 is 1.67 bits per heavy atom. The number of rotatable bonds is 5. The molecule has 1 aromatic carbocycles. The first-order valence-corrected chi connectivity index (χ1v) is 6.96. The lowest BCUT2D eigenvalue weighted by Gasteiger charge is -2.17. The normalized spacial score (nSPS) is 12.1. The molecule has 0 saturated carbocycles. The molecule has 0 amide bonds. The van der Waals surface area contributed by atoms with Crippen LogP contribution in [0.3, 0.4) is 0 Å². The van der Waals surface area contributed by atoms with E-state index in [1.165, 1.54) is 11.3 Å². The Kier molecular flexibility index (Phi) is 4.40. The number of anilines is 1. The number of nitrogens with zero attached hydrogens (tertiary/aromatic N) is 2. The van der Waals surface area contributed by atoms with Crippen molar-refractivity contribution in [1.82, 2.24) is 9.78 Å². The molecule has 0 aliphatic heterocycles. The molecule has 0 aliphatic carbocycles. The number of hydrogen-bond acceptors (Lipinski definition) is 4. The number of hydrogen-bond donors (Lipinski definition) is 1. The van der Waals surface area contributed by atoms with Crippen molar-refractivity contribution in [2.24, 2.45) is 7.05 Å². The molecule has 0 spiro atoms. The SMILES string of the molecule is COc1cc(NC(C)c2c(C)nn(C)c2C)cc(OC)c1. The van der Waals surface area contributed by atoms with Crippen molar-refractivity contribution < 1.29 is 9.47 Å². The Bertz CT molecular complexity index is 612. The Hall–Kier alpha value is -2.17. The van der Waals surface area contributed by atoms with E-state index in [1.807, 2.05) is 36.9 Å². The van der Waals surface area contributed by atoms with Crippen molar-refractivity contribution in [2.45, 2.75) is 26.8 Å². The Labute approximate surface area is 125 Å². The summed E-state index contributed by atoms with van der Waals surface area (Å²) in [6.45, 7) is 6.25.